The molecule has 1 amide bonds. The summed E-state index contributed by atoms with van der Waals surface area (Å²) in [6, 6.07) is 0. The van der Waals surface area contributed by atoms with Gasteiger partial charge in [0.2, 0.25) is 5.91 Å². The molecule has 2 N–H and O–H groups in total. The summed E-state index contributed by atoms with van der Waals surface area (Å²) in [5.74, 6) is 0.0460. The smallest absolute Gasteiger partial charge is 0.239 e. The number of hydrogen-bond acceptors (Lipinski definition) is 4. The van der Waals surface area contributed by atoms with Crippen LogP contribution in [0.2, 0.25) is 0 Å². The maximum absolute atomic E-state index is 11.8. The minimum atomic E-state index is -0.496. The Morgan fingerprint density at radius 3 is 2.50 bits per heavy atom. The molecule has 0 spiro atoms. The molecule has 0 aromatic rings. The first kappa shape index (κ1) is 17.4. The second kappa shape index (κ2) is 10.3. The Balaban J connectivity index is 3.46. The van der Waals surface area contributed by atoms with Crippen LogP contribution in [0.15, 0.2) is 0 Å². The molecule has 0 heterocycles. The third kappa shape index (κ3) is 8.44. The van der Waals surface area contributed by atoms with E-state index < -0.39 is 5.54 Å². The molecular weight excluding hydrogens is 232 g/mol. The Morgan fingerprint density at radius 1 is 1.17 bits per heavy atom. The number of methoxy groups -OCH3 is 1. The van der Waals surface area contributed by atoms with Gasteiger partial charge in [-0.2, -0.15) is 0 Å². The predicted octanol–water partition coefficient (Wildman–Crippen LogP) is 0.934. The molecule has 0 radical (unpaired) electrons. The van der Waals surface area contributed by atoms with Gasteiger partial charge in [0.05, 0.1) is 18.8 Å². The summed E-state index contributed by atoms with van der Waals surface area (Å²) in [7, 11) is 1.66. The van der Waals surface area contributed by atoms with E-state index >= 15 is 0 Å². The van der Waals surface area contributed by atoms with Gasteiger partial charge in [-0.05, 0) is 33.2 Å². The van der Waals surface area contributed by atoms with Crippen LogP contribution in [0.3, 0.4) is 0 Å². The lowest BCUT2D eigenvalue weighted by Gasteiger charge is -2.24. The maximum atomic E-state index is 11.8. The van der Waals surface area contributed by atoms with Crippen molar-refractivity contribution >= 4 is 5.91 Å². The standard InChI is InChI=1S/C13H28N2O3/c1-5-15-13(2,3)12(16)14-8-6-7-9-18-11-10-17-4/h15H,5-11H2,1-4H3,(H,14,16). The molecule has 0 atom stereocenters. The molecule has 0 rings (SSSR count). The van der Waals surface area contributed by atoms with E-state index in [4.69, 9.17) is 9.47 Å². The van der Waals surface area contributed by atoms with Crippen molar-refractivity contribution < 1.29 is 14.3 Å². The van der Waals surface area contributed by atoms with E-state index in [9.17, 15) is 4.79 Å². The quantitative estimate of drug-likeness (QED) is 0.543. The van der Waals surface area contributed by atoms with Crippen LogP contribution in [0.4, 0.5) is 0 Å². The van der Waals surface area contributed by atoms with Gasteiger partial charge in [-0.1, -0.05) is 6.92 Å². The number of ether oxygens (including phenoxy) is 2. The topological polar surface area (TPSA) is 59.6 Å². The number of unbranched alkanes of at least 4 members (excludes halogenated alkanes) is 1. The fraction of sp³-hybridized carbons (Fsp3) is 0.923. The van der Waals surface area contributed by atoms with E-state index in [1.165, 1.54) is 0 Å². The third-order valence-electron chi connectivity index (χ3n) is 2.62. The average Bonchev–Trinajstić information content (AvgIpc) is 2.32. The molecule has 0 saturated heterocycles. The number of hydrogen-bond donors (Lipinski definition) is 2. The van der Waals surface area contributed by atoms with Crippen molar-refractivity contribution in [2.24, 2.45) is 0 Å². The van der Waals surface area contributed by atoms with Gasteiger partial charge in [0, 0.05) is 20.3 Å². The fourth-order valence-corrected chi connectivity index (χ4v) is 1.52. The largest absolute Gasteiger partial charge is 0.382 e. The summed E-state index contributed by atoms with van der Waals surface area (Å²) in [5.41, 5.74) is -0.496. The summed E-state index contributed by atoms with van der Waals surface area (Å²) < 4.78 is 10.2. The molecule has 5 nitrogen and oxygen atoms in total. The Labute approximate surface area is 111 Å². The van der Waals surface area contributed by atoms with Crippen molar-refractivity contribution in [3.05, 3.63) is 0 Å². The molecule has 108 valence electrons. The summed E-state index contributed by atoms with van der Waals surface area (Å²) in [4.78, 5) is 11.8. The summed E-state index contributed by atoms with van der Waals surface area (Å²) in [5, 5.41) is 6.07. The molecule has 0 aliphatic heterocycles. The third-order valence-corrected chi connectivity index (χ3v) is 2.62. The van der Waals surface area contributed by atoms with Crippen molar-refractivity contribution in [1.82, 2.24) is 10.6 Å². The van der Waals surface area contributed by atoms with Gasteiger partial charge in [0.15, 0.2) is 0 Å². The lowest BCUT2D eigenvalue weighted by atomic mass is 10.0. The van der Waals surface area contributed by atoms with Crippen LogP contribution < -0.4 is 10.6 Å². The zero-order valence-electron chi connectivity index (χ0n) is 12.2. The van der Waals surface area contributed by atoms with Crippen LogP contribution in [-0.2, 0) is 14.3 Å². The molecular formula is C13H28N2O3. The number of carbonyl (C=O) groups is 1. The van der Waals surface area contributed by atoms with Crippen molar-refractivity contribution in [3.63, 3.8) is 0 Å². The van der Waals surface area contributed by atoms with E-state index in [0.29, 0.717) is 19.8 Å². The fourth-order valence-electron chi connectivity index (χ4n) is 1.52. The van der Waals surface area contributed by atoms with Crippen LogP contribution in [0.5, 0.6) is 0 Å². The molecule has 0 saturated carbocycles. The van der Waals surface area contributed by atoms with Crippen molar-refractivity contribution in [1.29, 1.82) is 0 Å². The Bertz CT molecular complexity index is 220. The van der Waals surface area contributed by atoms with Crippen LogP contribution in [0.25, 0.3) is 0 Å². The monoisotopic (exact) mass is 260 g/mol. The molecule has 18 heavy (non-hydrogen) atoms. The number of likely N-dealkylation sites (N-methyl/N-ethyl adjacent to an activating group) is 1. The van der Waals surface area contributed by atoms with E-state index in [-0.39, 0.29) is 5.91 Å². The van der Waals surface area contributed by atoms with Crippen molar-refractivity contribution in [3.8, 4) is 0 Å². The Kier molecular flexibility index (Phi) is 9.92. The van der Waals surface area contributed by atoms with Gasteiger partial charge >= 0.3 is 0 Å². The van der Waals surface area contributed by atoms with E-state index in [1.54, 1.807) is 7.11 Å². The number of nitrogens with one attached hydrogen (secondary N) is 2. The summed E-state index contributed by atoms with van der Waals surface area (Å²) in [6.45, 7) is 9.24. The molecule has 0 aromatic carbocycles. The average molecular weight is 260 g/mol. The molecule has 0 unspecified atom stereocenters. The highest BCUT2D eigenvalue weighted by atomic mass is 16.5. The predicted molar refractivity (Wildman–Crippen MR) is 72.7 cm³/mol. The van der Waals surface area contributed by atoms with Gasteiger partial charge in [-0.25, -0.2) is 0 Å². The SMILES string of the molecule is CCNC(C)(C)C(=O)NCCCCOCCOC. The minimum Gasteiger partial charge on any atom is -0.382 e. The van der Waals surface area contributed by atoms with Crippen molar-refractivity contribution in [2.45, 2.75) is 39.2 Å². The highest BCUT2D eigenvalue weighted by molar-refractivity contribution is 5.85. The molecule has 0 bridgehead atoms. The van der Waals surface area contributed by atoms with Gasteiger partial charge in [-0.3, -0.25) is 4.79 Å². The number of carbonyl (C=O) groups excluding carboxylic acids is 1. The first-order chi connectivity index (χ1) is 8.54. The number of rotatable bonds is 11. The molecule has 5 heteroatoms. The Hall–Kier alpha value is -0.650. The minimum absolute atomic E-state index is 0.0460. The van der Waals surface area contributed by atoms with E-state index in [2.05, 4.69) is 10.6 Å². The Morgan fingerprint density at radius 2 is 1.89 bits per heavy atom. The van der Waals surface area contributed by atoms with Gasteiger partial charge in [-0.15, -0.1) is 0 Å². The van der Waals surface area contributed by atoms with Gasteiger partial charge in [0.25, 0.3) is 0 Å². The normalized spacial score (nSPS) is 11.6. The van der Waals surface area contributed by atoms with Crippen LogP contribution in [0.1, 0.15) is 33.6 Å². The van der Waals surface area contributed by atoms with Gasteiger partial charge in [0.1, 0.15) is 0 Å². The summed E-state index contributed by atoms with van der Waals surface area (Å²) >= 11 is 0. The van der Waals surface area contributed by atoms with Gasteiger partial charge < -0.3 is 20.1 Å². The molecule has 0 fully saturated rings. The second-order valence-corrected chi connectivity index (χ2v) is 4.72. The molecule has 0 aromatic heterocycles. The first-order valence-electron chi connectivity index (χ1n) is 6.64. The van der Waals surface area contributed by atoms with Crippen molar-refractivity contribution in [2.75, 3.05) is 40.0 Å². The molecule has 0 aliphatic rings. The highest BCUT2D eigenvalue weighted by Crippen LogP contribution is 2.01. The highest BCUT2D eigenvalue weighted by Gasteiger charge is 2.25. The zero-order valence-corrected chi connectivity index (χ0v) is 12.2. The second-order valence-electron chi connectivity index (χ2n) is 4.72. The number of amides is 1. The lowest BCUT2D eigenvalue weighted by molar-refractivity contribution is -0.126. The van der Waals surface area contributed by atoms with E-state index in [1.807, 2.05) is 20.8 Å². The molecule has 0 aliphatic carbocycles. The zero-order chi connectivity index (χ0) is 13.9. The lowest BCUT2D eigenvalue weighted by Crippen LogP contribution is -2.52. The van der Waals surface area contributed by atoms with Crippen LogP contribution in [0, 0.1) is 0 Å². The van der Waals surface area contributed by atoms with E-state index in [0.717, 1.165) is 26.0 Å². The first-order valence-corrected chi connectivity index (χ1v) is 6.64. The maximum Gasteiger partial charge on any atom is 0.239 e. The van der Waals surface area contributed by atoms with Crippen LogP contribution >= 0.6 is 0 Å². The van der Waals surface area contributed by atoms with Crippen LogP contribution in [-0.4, -0.2) is 51.5 Å². The summed E-state index contributed by atoms with van der Waals surface area (Å²) in [6.07, 6.45) is 1.88.